The van der Waals surface area contributed by atoms with Crippen LogP contribution >= 0.6 is 0 Å². The van der Waals surface area contributed by atoms with Gasteiger partial charge >= 0.3 is 11.7 Å². The van der Waals surface area contributed by atoms with Crippen LogP contribution in [0.3, 0.4) is 0 Å². The Hall–Kier alpha value is -2.05. The summed E-state index contributed by atoms with van der Waals surface area (Å²) >= 11 is 0. The Morgan fingerprint density at radius 2 is 1.95 bits per heavy atom. The number of carboxylic acid groups (broad SMARTS) is 1. The van der Waals surface area contributed by atoms with Crippen molar-refractivity contribution in [3.63, 3.8) is 0 Å². The van der Waals surface area contributed by atoms with E-state index < -0.39 is 47.8 Å². The average molecular weight is 303 g/mol. The number of rotatable bonds is 2. The molecule has 5 atom stereocenters. The minimum atomic E-state index is -2.94. The molecule has 1 fully saturated rings. The van der Waals surface area contributed by atoms with Crippen LogP contribution in [-0.2, 0) is 15.3 Å². The molecule has 0 aliphatic carbocycles. The second kappa shape index (κ2) is 5.05. The first kappa shape index (κ1) is 15.3. The van der Waals surface area contributed by atoms with Gasteiger partial charge in [-0.3, -0.25) is 0 Å². The minimum absolute atomic E-state index is 0.276. The summed E-state index contributed by atoms with van der Waals surface area (Å²) in [6, 6.07) is 1.06. The fraction of sp³-hybridized carbons (Fsp3) is 0.500. The zero-order chi connectivity index (χ0) is 15.9. The number of nitrogen functional groups attached to an aromatic ring is 1. The summed E-state index contributed by atoms with van der Waals surface area (Å²) in [6.07, 6.45) is -7.54. The van der Waals surface area contributed by atoms with Crippen molar-refractivity contribution < 1.29 is 35.1 Å². The van der Waals surface area contributed by atoms with E-state index in [1.54, 1.807) is 0 Å². The molecule has 1 saturated heterocycles. The standard InChI is InChI=1S/C10H13N3O8/c11-3-1-2-12-9(20)13(3)10(8(18)19)6(16)4(14)5(15)7(17)21-10/h1-2,4-7,14-17H,11H2,(H,18,19). The topological polar surface area (TPSA) is 188 Å². The number of carbonyl (C=O) groups is 1. The maximum Gasteiger partial charge on any atom is 0.361 e. The molecule has 0 radical (unpaired) electrons. The summed E-state index contributed by atoms with van der Waals surface area (Å²) in [5.41, 5.74) is 1.38. The molecule has 2 rings (SSSR count). The Bertz CT molecular complexity index is 619. The van der Waals surface area contributed by atoms with E-state index in [4.69, 9.17) is 10.5 Å². The van der Waals surface area contributed by atoms with Gasteiger partial charge in [-0.15, -0.1) is 0 Å². The van der Waals surface area contributed by atoms with Crippen molar-refractivity contribution in [2.75, 3.05) is 5.73 Å². The maximum atomic E-state index is 11.8. The Labute approximate surface area is 116 Å². The van der Waals surface area contributed by atoms with Gasteiger partial charge in [0, 0.05) is 6.20 Å². The number of nitrogens with zero attached hydrogens (tertiary/aromatic N) is 2. The van der Waals surface area contributed by atoms with Crippen LogP contribution in [0.4, 0.5) is 5.82 Å². The SMILES string of the molecule is Nc1ccnc(=O)n1C1(C(=O)O)OC(O)C(O)C(O)C1O. The largest absolute Gasteiger partial charge is 0.478 e. The highest BCUT2D eigenvalue weighted by atomic mass is 16.7. The van der Waals surface area contributed by atoms with Crippen molar-refractivity contribution in [1.82, 2.24) is 9.55 Å². The second-order valence-electron chi connectivity index (χ2n) is 4.42. The molecule has 0 bridgehead atoms. The Morgan fingerprint density at radius 1 is 1.33 bits per heavy atom. The second-order valence-corrected chi connectivity index (χ2v) is 4.42. The van der Waals surface area contributed by atoms with Crippen LogP contribution in [-0.4, -0.2) is 65.7 Å². The van der Waals surface area contributed by atoms with E-state index >= 15 is 0 Å². The molecular formula is C10H13N3O8. The minimum Gasteiger partial charge on any atom is -0.478 e. The number of aliphatic hydroxyl groups is 4. The Kier molecular flexibility index (Phi) is 3.69. The highest BCUT2D eigenvalue weighted by Gasteiger charge is 2.61. The van der Waals surface area contributed by atoms with E-state index in [0.29, 0.717) is 0 Å². The predicted molar refractivity (Wildman–Crippen MR) is 63.6 cm³/mol. The molecule has 0 amide bonds. The van der Waals surface area contributed by atoms with Gasteiger partial charge in [-0.25, -0.2) is 19.1 Å². The van der Waals surface area contributed by atoms with Crippen LogP contribution in [0.25, 0.3) is 0 Å². The summed E-state index contributed by atoms with van der Waals surface area (Å²) in [7, 11) is 0. The molecule has 0 saturated carbocycles. The summed E-state index contributed by atoms with van der Waals surface area (Å²) in [5, 5.41) is 47.9. The number of hydrogen-bond donors (Lipinski definition) is 6. The number of nitrogens with two attached hydrogens (primary N) is 1. The van der Waals surface area contributed by atoms with Gasteiger partial charge < -0.3 is 36.0 Å². The van der Waals surface area contributed by atoms with Gasteiger partial charge in [0.05, 0.1) is 0 Å². The molecule has 0 spiro atoms. The third kappa shape index (κ3) is 2.07. The van der Waals surface area contributed by atoms with E-state index in [9.17, 15) is 35.1 Å². The molecule has 1 aliphatic rings. The highest BCUT2D eigenvalue weighted by molar-refractivity contribution is 5.77. The normalized spacial score (nSPS) is 36.4. The van der Waals surface area contributed by atoms with Gasteiger partial charge in [0.2, 0.25) is 0 Å². The van der Waals surface area contributed by atoms with Crippen molar-refractivity contribution >= 4 is 11.8 Å². The van der Waals surface area contributed by atoms with E-state index in [1.165, 1.54) is 0 Å². The fourth-order valence-electron chi connectivity index (χ4n) is 2.12. The molecule has 11 heteroatoms. The average Bonchev–Trinajstić information content (AvgIpc) is 2.41. The number of hydrogen-bond acceptors (Lipinski definition) is 9. The van der Waals surface area contributed by atoms with Crippen molar-refractivity contribution in [1.29, 1.82) is 0 Å². The van der Waals surface area contributed by atoms with Crippen LogP contribution < -0.4 is 11.4 Å². The number of aliphatic hydroxyl groups excluding tert-OH is 4. The van der Waals surface area contributed by atoms with Crippen LogP contribution in [0.2, 0.25) is 0 Å². The van der Waals surface area contributed by atoms with Crippen LogP contribution in [0, 0.1) is 0 Å². The van der Waals surface area contributed by atoms with Gasteiger partial charge in [-0.2, -0.15) is 0 Å². The predicted octanol–water partition coefficient (Wildman–Crippen LogP) is -4.01. The number of carboxylic acids is 1. The van der Waals surface area contributed by atoms with Gasteiger partial charge in [-0.05, 0) is 6.07 Å². The van der Waals surface area contributed by atoms with Crippen LogP contribution in [0.15, 0.2) is 17.1 Å². The van der Waals surface area contributed by atoms with Crippen molar-refractivity contribution in [3.05, 3.63) is 22.7 Å². The summed E-state index contributed by atoms with van der Waals surface area (Å²) in [4.78, 5) is 26.6. The first-order valence-corrected chi connectivity index (χ1v) is 5.71. The zero-order valence-corrected chi connectivity index (χ0v) is 10.4. The maximum absolute atomic E-state index is 11.8. The van der Waals surface area contributed by atoms with Crippen molar-refractivity contribution in [2.24, 2.45) is 0 Å². The van der Waals surface area contributed by atoms with E-state index in [2.05, 4.69) is 4.98 Å². The van der Waals surface area contributed by atoms with Crippen LogP contribution in [0.5, 0.6) is 0 Å². The van der Waals surface area contributed by atoms with Crippen molar-refractivity contribution in [2.45, 2.75) is 30.3 Å². The molecule has 11 nitrogen and oxygen atoms in total. The molecule has 7 N–H and O–H groups in total. The first-order valence-electron chi connectivity index (χ1n) is 5.71. The lowest BCUT2D eigenvalue weighted by Gasteiger charge is -2.45. The number of aliphatic carboxylic acids is 1. The summed E-state index contributed by atoms with van der Waals surface area (Å²) in [5.74, 6) is -2.35. The third-order valence-corrected chi connectivity index (χ3v) is 3.19. The lowest BCUT2D eigenvalue weighted by Crippen LogP contribution is -2.69. The van der Waals surface area contributed by atoms with E-state index in [-0.39, 0.29) is 4.57 Å². The molecular weight excluding hydrogens is 290 g/mol. The lowest BCUT2D eigenvalue weighted by atomic mass is 9.93. The lowest BCUT2D eigenvalue weighted by molar-refractivity contribution is -0.340. The Morgan fingerprint density at radius 3 is 2.48 bits per heavy atom. The summed E-state index contributed by atoms with van der Waals surface area (Å²) in [6.45, 7) is 0. The molecule has 5 unspecified atom stereocenters. The van der Waals surface area contributed by atoms with E-state index in [1.807, 2.05) is 0 Å². The molecule has 1 aromatic heterocycles. The number of aromatic nitrogens is 2. The smallest absolute Gasteiger partial charge is 0.361 e. The van der Waals surface area contributed by atoms with Crippen LogP contribution in [0.1, 0.15) is 0 Å². The molecule has 2 heterocycles. The van der Waals surface area contributed by atoms with Crippen molar-refractivity contribution in [3.8, 4) is 0 Å². The van der Waals surface area contributed by atoms with Gasteiger partial charge in [0.15, 0.2) is 6.29 Å². The molecule has 1 aliphatic heterocycles. The molecule has 1 aromatic rings. The monoisotopic (exact) mass is 303 g/mol. The Balaban J connectivity index is 2.73. The highest BCUT2D eigenvalue weighted by Crippen LogP contribution is 2.34. The van der Waals surface area contributed by atoms with Gasteiger partial charge in [0.1, 0.15) is 24.1 Å². The molecule has 21 heavy (non-hydrogen) atoms. The zero-order valence-electron chi connectivity index (χ0n) is 10.4. The number of anilines is 1. The summed E-state index contributed by atoms with van der Waals surface area (Å²) < 4.78 is 4.99. The molecule has 0 aromatic carbocycles. The van der Waals surface area contributed by atoms with Gasteiger partial charge in [-0.1, -0.05) is 0 Å². The third-order valence-electron chi connectivity index (χ3n) is 3.19. The first-order chi connectivity index (χ1) is 9.73. The molecule has 116 valence electrons. The quantitative estimate of drug-likeness (QED) is 0.314. The van der Waals surface area contributed by atoms with Gasteiger partial charge in [0.25, 0.3) is 5.72 Å². The number of ether oxygens (including phenoxy) is 1. The fourth-order valence-corrected chi connectivity index (χ4v) is 2.12. The van der Waals surface area contributed by atoms with E-state index in [0.717, 1.165) is 12.3 Å².